The van der Waals surface area contributed by atoms with E-state index >= 15 is 0 Å². The fourth-order valence-corrected chi connectivity index (χ4v) is 2.99. The quantitative estimate of drug-likeness (QED) is 0.401. The number of pyridine rings is 1. The summed E-state index contributed by atoms with van der Waals surface area (Å²) in [6.07, 6.45) is -2.74. The topological polar surface area (TPSA) is 39.2 Å². The van der Waals surface area contributed by atoms with E-state index in [1.54, 1.807) is 29.5 Å². The Hall–Kier alpha value is -0.0600. The van der Waals surface area contributed by atoms with Crippen LogP contribution in [-0.4, -0.2) is 17.6 Å². The molecule has 0 aliphatic rings. The monoisotopic (exact) mass is 453 g/mol. The molecule has 1 aromatic rings. The second-order valence-corrected chi connectivity index (χ2v) is 4.98. The van der Waals surface area contributed by atoms with Crippen LogP contribution in [0.1, 0.15) is 29.4 Å². The second kappa shape index (κ2) is 6.03. The third-order valence-electron chi connectivity index (χ3n) is 1.66. The summed E-state index contributed by atoms with van der Waals surface area (Å²) in [7, 11) is 0. The van der Waals surface area contributed by atoms with E-state index in [1.165, 1.54) is 6.07 Å². The summed E-state index contributed by atoms with van der Waals surface area (Å²) in [5.41, 5.74) is -0.660. The lowest BCUT2D eigenvalue weighted by atomic mass is 10.2. The second-order valence-electron chi connectivity index (χ2n) is 2.71. The van der Waals surface area contributed by atoms with Crippen molar-refractivity contribution in [1.29, 1.82) is 0 Å². The molecule has 0 amide bonds. The molecule has 0 saturated heterocycles. The Morgan fingerprint density at radius 2 is 2.19 bits per heavy atom. The number of alkyl halides is 2. The molecule has 7 heteroatoms. The average molecular weight is 453 g/mol. The molecule has 16 heavy (non-hydrogen) atoms. The standard InChI is InChI=1S/C9H7F2I2NO2/c1-2-16-9(15)7-6(8(10)11)4(12)3-5(13)14-7/h3,8H,2H2,1H3. The summed E-state index contributed by atoms with van der Waals surface area (Å²) in [5.74, 6) is -0.811. The molecule has 0 fully saturated rings. The smallest absolute Gasteiger partial charge is 0.357 e. The lowest BCUT2D eigenvalue weighted by molar-refractivity contribution is 0.0507. The molecule has 0 aromatic carbocycles. The highest BCUT2D eigenvalue weighted by atomic mass is 127. The van der Waals surface area contributed by atoms with Crippen LogP contribution in [0, 0.1) is 7.27 Å². The number of carbonyl (C=O) groups excluding carboxylic acids is 1. The van der Waals surface area contributed by atoms with Gasteiger partial charge in [0.15, 0.2) is 5.69 Å². The van der Waals surface area contributed by atoms with Gasteiger partial charge < -0.3 is 4.74 Å². The van der Waals surface area contributed by atoms with Crippen molar-refractivity contribution in [2.45, 2.75) is 13.3 Å². The number of nitrogens with zero attached hydrogens (tertiary/aromatic N) is 1. The molecule has 0 N–H and O–H groups in total. The van der Waals surface area contributed by atoms with Gasteiger partial charge in [-0.3, -0.25) is 0 Å². The van der Waals surface area contributed by atoms with Crippen LogP contribution in [0.15, 0.2) is 6.07 Å². The van der Waals surface area contributed by atoms with Gasteiger partial charge in [0, 0.05) is 3.57 Å². The van der Waals surface area contributed by atoms with Crippen molar-refractivity contribution in [3.63, 3.8) is 0 Å². The molecular formula is C9H7F2I2NO2. The van der Waals surface area contributed by atoms with Crippen LogP contribution in [0.4, 0.5) is 8.78 Å². The van der Waals surface area contributed by atoms with Crippen LogP contribution in [0.3, 0.4) is 0 Å². The Morgan fingerprint density at radius 3 is 2.69 bits per heavy atom. The van der Waals surface area contributed by atoms with E-state index in [4.69, 9.17) is 0 Å². The Labute approximate surface area is 118 Å². The first-order valence-electron chi connectivity index (χ1n) is 4.28. The van der Waals surface area contributed by atoms with Crippen LogP contribution in [0.5, 0.6) is 0 Å². The summed E-state index contributed by atoms with van der Waals surface area (Å²) < 4.78 is 31.0. The highest BCUT2D eigenvalue weighted by molar-refractivity contribution is 14.1. The van der Waals surface area contributed by atoms with Crippen molar-refractivity contribution in [2.75, 3.05) is 6.61 Å². The van der Waals surface area contributed by atoms with Crippen molar-refractivity contribution < 1.29 is 18.3 Å². The van der Waals surface area contributed by atoms with E-state index in [0.717, 1.165) is 0 Å². The molecule has 0 unspecified atom stereocenters. The summed E-state index contributed by atoms with van der Waals surface area (Å²) in [4.78, 5) is 15.3. The van der Waals surface area contributed by atoms with Gasteiger partial charge in [0.1, 0.15) is 3.70 Å². The van der Waals surface area contributed by atoms with E-state index in [-0.39, 0.29) is 17.9 Å². The number of halogens is 4. The van der Waals surface area contributed by atoms with Crippen molar-refractivity contribution in [1.82, 2.24) is 4.98 Å². The molecule has 0 saturated carbocycles. The number of hydrogen-bond acceptors (Lipinski definition) is 3. The molecule has 3 nitrogen and oxygen atoms in total. The van der Waals surface area contributed by atoms with Crippen LogP contribution >= 0.6 is 45.2 Å². The van der Waals surface area contributed by atoms with Gasteiger partial charge in [0.05, 0.1) is 12.2 Å². The maximum absolute atomic E-state index is 12.8. The molecule has 88 valence electrons. The maximum Gasteiger partial charge on any atom is 0.357 e. The Kier molecular flexibility index (Phi) is 5.28. The number of carbonyl (C=O) groups is 1. The molecule has 0 aliphatic heterocycles. The van der Waals surface area contributed by atoms with Crippen molar-refractivity contribution in [2.24, 2.45) is 0 Å². The Bertz CT molecular complexity index is 413. The van der Waals surface area contributed by atoms with Crippen molar-refractivity contribution in [3.8, 4) is 0 Å². The number of ether oxygens (including phenoxy) is 1. The van der Waals surface area contributed by atoms with Crippen LogP contribution < -0.4 is 0 Å². The lowest BCUT2D eigenvalue weighted by Gasteiger charge is -2.09. The third kappa shape index (κ3) is 3.22. The van der Waals surface area contributed by atoms with Crippen LogP contribution in [-0.2, 0) is 4.74 Å². The molecule has 0 bridgehead atoms. The Balaban J connectivity index is 3.29. The van der Waals surface area contributed by atoms with Crippen molar-refractivity contribution >= 4 is 51.2 Å². The lowest BCUT2D eigenvalue weighted by Crippen LogP contribution is -2.13. The molecule has 1 heterocycles. The zero-order chi connectivity index (χ0) is 12.3. The summed E-state index contributed by atoms with van der Waals surface area (Å²) in [6, 6.07) is 1.49. The van der Waals surface area contributed by atoms with Crippen LogP contribution in [0.2, 0.25) is 0 Å². The predicted octanol–water partition coefficient (Wildman–Crippen LogP) is 3.41. The first kappa shape index (κ1) is 14.0. The maximum atomic E-state index is 12.8. The Morgan fingerprint density at radius 1 is 1.56 bits per heavy atom. The number of rotatable bonds is 3. The minimum Gasteiger partial charge on any atom is -0.461 e. The minimum absolute atomic E-state index is 0.130. The van der Waals surface area contributed by atoms with Gasteiger partial charge in [-0.25, -0.2) is 18.6 Å². The molecule has 0 atom stereocenters. The highest BCUT2D eigenvalue weighted by Gasteiger charge is 2.24. The summed E-state index contributed by atoms with van der Waals surface area (Å²) in [5, 5.41) is 0. The van der Waals surface area contributed by atoms with Gasteiger partial charge in [0.25, 0.3) is 6.43 Å². The normalized spacial score (nSPS) is 10.6. The third-order valence-corrected chi connectivity index (χ3v) is 3.11. The van der Waals surface area contributed by atoms with Crippen LogP contribution in [0.25, 0.3) is 0 Å². The van der Waals surface area contributed by atoms with Gasteiger partial charge in [0.2, 0.25) is 0 Å². The molecular weight excluding hydrogens is 446 g/mol. The molecule has 1 aromatic heterocycles. The fourth-order valence-electron chi connectivity index (χ4n) is 1.06. The molecule has 0 spiro atoms. The van der Waals surface area contributed by atoms with E-state index < -0.39 is 12.4 Å². The largest absolute Gasteiger partial charge is 0.461 e. The predicted molar refractivity (Wildman–Crippen MR) is 70.6 cm³/mol. The first-order chi connectivity index (χ1) is 7.47. The SMILES string of the molecule is CCOC(=O)c1nc(I)cc(I)c1C(F)F. The zero-order valence-corrected chi connectivity index (χ0v) is 12.5. The van der Waals surface area contributed by atoms with Gasteiger partial charge in [-0.1, -0.05) is 0 Å². The molecule has 0 aliphatic carbocycles. The fraction of sp³-hybridized carbons (Fsp3) is 0.333. The average Bonchev–Trinajstić information content (AvgIpc) is 2.15. The van der Waals surface area contributed by atoms with E-state index in [1.807, 2.05) is 22.6 Å². The van der Waals surface area contributed by atoms with Gasteiger partial charge in [-0.15, -0.1) is 0 Å². The zero-order valence-electron chi connectivity index (χ0n) is 8.14. The molecule has 1 rings (SSSR count). The van der Waals surface area contributed by atoms with E-state index in [0.29, 0.717) is 7.27 Å². The number of esters is 1. The van der Waals surface area contributed by atoms with E-state index in [9.17, 15) is 13.6 Å². The van der Waals surface area contributed by atoms with Gasteiger partial charge >= 0.3 is 5.97 Å². The van der Waals surface area contributed by atoms with Gasteiger partial charge in [-0.05, 0) is 58.2 Å². The summed E-state index contributed by atoms with van der Waals surface area (Å²) >= 11 is 3.62. The number of aromatic nitrogens is 1. The molecule has 0 radical (unpaired) electrons. The number of hydrogen-bond donors (Lipinski definition) is 0. The minimum atomic E-state index is -2.74. The summed E-state index contributed by atoms with van der Waals surface area (Å²) in [6.45, 7) is 1.74. The van der Waals surface area contributed by atoms with E-state index in [2.05, 4.69) is 9.72 Å². The van der Waals surface area contributed by atoms with Gasteiger partial charge in [-0.2, -0.15) is 0 Å². The van der Waals surface area contributed by atoms with Crippen molar-refractivity contribution in [3.05, 3.63) is 24.6 Å². The first-order valence-corrected chi connectivity index (χ1v) is 6.44. The highest BCUT2D eigenvalue weighted by Crippen LogP contribution is 2.28.